The number of carbonyl (C=O) groups excluding carboxylic acids is 1. The lowest BCUT2D eigenvalue weighted by Gasteiger charge is -2.28. The van der Waals surface area contributed by atoms with E-state index < -0.39 is 18.1 Å². The van der Waals surface area contributed by atoms with Gasteiger partial charge in [-0.05, 0) is 47.9 Å². The molecule has 6 nitrogen and oxygen atoms in total. The lowest BCUT2D eigenvalue weighted by atomic mass is 9.85. The number of aliphatic carboxylic acids is 1. The van der Waals surface area contributed by atoms with Crippen molar-refractivity contribution in [1.29, 1.82) is 0 Å². The van der Waals surface area contributed by atoms with E-state index >= 15 is 0 Å². The summed E-state index contributed by atoms with van der Waals surface area (Å²) in [6.07, 6.45) is 7.49. The first-order valence-corrected chi connectivity index (χ1v) is 13.0. The van der Waals surface area contributed by atoms with E-state index in [9.17, 15) is 14.7 Å². The third-order valence-electron chi connectivity index (χ3n) is 7.40. The van der Waals surface area contributed by atoms with Gasteiger partial charge in [0.25, 0.3) is 0 Å². The van der Waals surface area contributed by atoms with Crippen LogP contribution in [0.2, 0.25) is 0 Å². The molecular weight excluding hydrogens is 440 g/mol. The first kappa shape index (κ1) is 25.2. The fraction of sp³-hybridized carbons (Fsp3) is 0.517. The van der Waals surface area contributed by atoms with Gasteiger partial charge in [0, 0.05) is 0 Å². The molecule has 2 N–H and O–H groups in total. The average molecular weight is 479 g/mol. The number of hydrogen-bond acceptors (Lipinski definition) is 4. The van der Waals surface area contributed by atoms with E-state index in [1.165, 1.54) is 37.7 Å². The van der Waals surface area contributed by atoms with Crippen LogP contribution in [0.4, 0.5) is 5.69 Å². The lowest BCUT2D eigenvalue weighted by Crippen LogP contribution is -2.53. The molecule has 0 aromatic heterocycles. The Labute approximate surface area is 208 Å². The zero-order valence-corrected chi connectivity index (χ0v) is 20.9. The number of para-hydroxylation sites is 2. The number of anilines is 1. The summed E-state index contributed by atoms with van der Waals surface area (Å²) in [5.74, 6) is 0.590. The van der Waals surface area contributed by atoms with Crippen LogP contribution >= 0.6 is 0 Å². The SMILES string of the molecule is CC(C)c1ccc(CN2C(=O)[C@H](N[C@@H](CCC3CCCCC3)C(=O)O)COc3ccccc32)cc1. The number of ether oxygens (including phenoxy) is 1. The molecule has 1 saturated carbocycles. The summed E-state index contributed by atoms with van der Waals surface area (Å²) in [6.45, 7) is 4.82. The van der Waals surface area contributed by atoms with Crippen molar-refractivity contribution in [2.75, 3.05) is 11.5 Å². The maximum atomic E-state index is 13.7. The van der Waals surface area contributed by atoms with Gasteiger partial charge in [0.05, 0.1) is 12.2 Å². The Balaban J connectivity index is 1.51. The van der Waals surface area contributed by atoms with E-state index in [1.54, 1.807) is 4.90 Å². The summed E-state index contributed by atoms with van der Waals surface area (Å²) in [7, 11) is 0. The Morgan fingerprint density at radius 2 is 1.80 bits per heavy atom. The smallest absolute Gasteiger partial charge is 0.320 e. The normalized spacial score (nSPS) is 19.7. The standard InChI is InChI=1S/C29H38N2O4/c1-20(2)23-15-12-22(13-16-23)18-31-26-10-6-7-11-27(26)35-19-25(28(31)32)30-24(29(33)34)17-14-21-8-4-3-5-9-21/h6-7,10-13,15-16,20-21,24-25,30H,3-5,8-9,14,17-19H2,1-2H3,(H,33,34)/t24-,25+/m0/s1. The quantitative estimate of drug-likeness (QED) is 0.497. The molecule has 4 rings (SSSR count). The molecule has 2 aliphatic rings. The number of fused-ring (bicyclic) bond motifs is 1. The molecule has 1 aliphatic heterocycles. The number of amides is 1. The Bertz CT molecular complexity index is 998. The van der Waals surface area contributed by atoms with Crippen LogP contribution < -0.4 is 15.0 Å². The van der Waals surface area contributed by atoms with Crippen molar-refractivity contribution in [2.45, 2.75) is 83.3 Å². The van der Waals surface area contributed by atoms with Crippen LogP contribution in [0.5, 0.6) is 5.75 Å². The molecule has 1 amide bonds. The number of nitrogens with zero attached hydrogens (tertiary/aromatic N) is 1. The predicted octanol–water partition coefficient (Wildman–Crippen LogP) is 5.51. The molecule has 35 heavy (non-hydrogen) atoms. The molecule has 0 radical (unpaired) electrons. The highest BCUT2D eigenvalue weighted by molar-refractivity contribution is 5.99. The van der Waals surface area contributed by atoms with E-state index in [0.717, 1.165) is 12.0 Å². The van der Waals surface area contributed by atoms with E-state index in [-0.39, 0.29) is 12.5 Å². The minimum Gasteiger partial charge on any atom is -0.489 e. The van der Waals surface area contributed by atoms with Crippen LogP contribution in [0.15, 0.2) is 48.5 Å². The number of nitrogens with one attached hydrogen (secondary N) is 1. The van der Waals surface area contributed by atoms with Gasteiger partial charge in [-0.1, -0.05) is 82.3 Å². The van der Waals surface area contributed by atoms with Crippen LogP contribution in [0, 0.1) is 5.92 Å². The second-order valence-electron chi connectivity index (χ2n) is 10.3. The molecule has 1 fully saturated rings. The predicted molar refractivity (Wildman–Crippen MR) is 138 cm³/mol. The number of benzene rings is 2. The zero-order chi connectivity index (χ0) is 24.8. The van der Waals surface area contributed by atoms with Crippen molar-refractivity contribution < 1.29 is 19.4 Å². The molecule has 6 heteroatoms. The molecule has 0 unspecified atom stereocenters. The number of carboxylic acids is 1. The Morgan fingerprint density at radius 3 is 2.49 bits per heavy atom. The van der Waals surface area contributed by atoms with Crippen LogP contribution in [0.25, 0.3) is 0 Å². The Hall–Kier alpha value is -2.86. The van der Waals surface area contributed by atoms with Gasteiger partial charge in [-0.25, -0.2) is 0 Å². The van der Waals surface area contributed by atoms with Crippen LogP contribution in [-0.4, -0.2) is 35.7 Å². The number of carboxylic acid groups (broad SMARTS) is 1. The fourth-order valence-electron chi connectivity index (χ4n) is 5.23. The molecule has 2 aromatic carbocycles. The summed E-state index contributed by atoms with van der Waals surface area (Å²) < 4.78 is 6.01. The maximum absolute atomic E-state index is 13.7. The van der Waals surface area contributed by atoms with Gasteiger partial charge >= 0.3 is 5.97 Å². The van der Waals surface area contributed by atoms with Gasteiger partial charge in [0.15, 0.2) is 0 Å². The first-order chi connectivity index (χ1) is 16.9. The van der Waals surface area contributed by atoms with Crippen LogP contribution in [-0.2, 0) is 16.1 Å². The van der Waals surface area contributed by atoms with Gasteiger partial charge in [0.1, 0.15) is 24.4 Å². The number of hydrogen-bond donors (Lipinski definition) is 2. The molecule has 0 spiro atoms. The van der Waals surface area contributed by atoms with Crippen LogP contribution in [0.3, 0.4) is 0 Å². The van der Waals surface area contributed by atoms with E-state index in [4.69, 9.17) is 4.74 Å². The van der Waals surface area contributed by atoms with Crippen LogP contribution in [0.1, 0.15) is 75.8 Å². The first-order valence-electron chi connectivity index (χ1n) is 13.0. The van der Waals surface area contributed by atoms with Gasteiger partial charge in [0.2, 0.25) is 5.91 Å². The summed E-state index contributed by atoms with van der Waals surface area (Å²) >= 11 is 0. The Morgan fingerprint density at radius 1 is 1.09 bits per heavy atom. The highest BCUT2D eigenvalue weighted by Gasteiger charge is 2.34. The Kier molecular flexibility index (Phi) is 8.45. The third kappa shape index (κ3) is 6.43. The van der Waals surface area contributed by atoms with E-state index in [2.05, 4.69) is 43.4 Å². The van der Waals surface area contributed by atoms with Gasteiger partial charge < -0.3 is 14.7 Å². The van der Waals surface area contributed by atoms with Gasteiger partial charge in [-0.15, -0.1) is 0 Å². The summed E-state index contributed by atoms with van der Waals surface area (Å²) in [6, 6.07) is 14.3. The second-order valence-corrected chi connectivity index (χ2v) is 10.3. The second kappa shape index (κ2) is 11.7. The summed E-state index contributed by atoms with van der Waals surface area (Å²) in [4.78, 5) is 27.6. The molecule has 0 bridgehead atoms. The van der Waals surface area contributed by atoms with E-state index in [0.29, 0.717) is 36.2 Å². The molecule has 0 saturated heterocycles. The van der Waals surface area contributed by atoms with E-state index in [1.807, 2.05) is 24.3 Å². The summed E-state index contributed by atoms with van der Waals surface area (Å²) in [5.41, 5.74) is 2.98. The zero-order valence-electron chi connectivity index (χ0n) is 20.9. The third-order valence-corrected chi connectivity index (χ3v) is 7.40. The van der Waals surface area contributed by atoms with Gasteiger partial charge in [-0.3, -0.25) is 14.9 Å². The highest BCUT2D eigenvalue weighted by atomic mass is 16.5. The summed E-state index contributed by atoms with van der Waals surface area (Å²) in [5, 5.41) is 13.1. The molecule has 188 valence electrons. The number of rotatable bonds is 9. The minimum atomic E-state index is -0.911. The monoisotopic (exact) mass is 478 g/mol. The minimum absolute atomic E-state index is 0.103. The van der Waals surface area contributed by atoms with Crippen molar-refractivity contribution in [3.8, 4) is 5.75 Å². The molecule has 2 atom stereocenters. The molecule has 2 aromatic rings. The lowest BCUT2D eigenvalue weighted by molar-refractivity contribution is -0.140. The molecule has 1 aliphatic carbocycles. The van der Waals surface area contributed by atoms with Crippen molar-refractivity contribution in [1.82, 2.24) is 5.32 Å². The van der Waals surface area contributed by atoms with Crippen molar-refractivity contribution in [2.24, 2.45) is 5.92 Å². The van der Waals surface area contributed by atoms with Gasteiger partial charge in [-0.2, -0.15) is 0 Å². The fourth-order valence-corrected chi connectivity index (χ4v) is 5.23. The molecule has 1 heterocycles. The topological polar surface area (TPSA) is 78.9 Å². The number of carbonyl (C=O) groups is 2. The van der Waals surface area contributed by atoms with Crippen molar-refractivity contribution in [3.63, 3.8) is 0 Å². The maximum Gasteiger partial charge on any atom is 0.320 e. The average Bonchev–Trinajstić information content (AvgIpc) is 2.99. The molecular formula is C29H38N2O4. The largest absolute Gasteiger partial charge is 0.489 e. The van der Waals surface area contributed by atoms with Crippen molar-refractivity contribution in [3.05, 3.63) is 59.7 Å². The highest BCUT2D eigenvalue weighted by Crippen LogP contribution is 2.33. The van der Waals surface area contributed by atoms with Crippen molar-refractivity contribution >= 4 is 17.6 Å².